The highest BCUT2D eigenvalue weighted by molar-refractivity contribution is 5.95. The van der Waals surface area contributed by atoms with Gasteiger partial charge in [-0.25, -0.2) is 0 Å². The van der Waals surface area contributed by atoms with Crippen molar-refractivity contribution < 1.29 is 14.3 Å². The Morgan fingerprint density at radius 3 is 2.86 bits per heavy atom. The molecule has 28 heavy (non-hydrogen) atoms. The molecule has 2 amide bonds. The molecule has 7 heteroatoms. The van der Waals surface area contributed by atoms with Gasteiger partial charge in [0.05, 0.1) is 40.8 Å². The summed E-state index contributed by atoms with van der Waals surface area (Å²) in [6, 6.07) is 9.53. The first kappa shape index (κ1) is 18.1. The molecule has 1 saturated heterocycles. The number of hydrogen-bond acceptors (Lipinski definition) is 5. The van der Waals surface area contributed by atoms with Crippen LogP contribution in [0.5, 0.6) is 0 Å². The normalized spacial score (nSPS) is 17.1. The second kappa shape index (κ2) is 7.06. The predicted molar refractivity (Wildman–Crippen MR) is 101 cm³/mol. The zero-order chi connectivity index (χ0) is 19.7. The van der Waals surface area contributed by atoms with Gasteiger partial charge in [-0.15, -0.1) is 0 Å². The number of nitriles is 1. The number of carbonyl (C=O) groups excluding carboxylic acids is 2. The van der Waals surface area contributed by atoms with Crippen LogP contribution >= 0.6 is 0 Å². The largest absolute Gasteiger partial charge is 0.365 e. The molecule has 1 aromatic heterocycles. The van der Waals surface area contributed by atoms with Crippen molar-refractivity contribution in [3.8, 4) is 6.07 Å². The number of aryl methyl sites for hydroxylation is 1. The van der Waals surface area contributed by atoms with Crippen LogP contribution in [0.25, 0.3) is 0 Å². The van der Waals surface area contributed by atoms with Gasteiger partial charge in [0.15, 0.2) is 0 Å². The summed E-state index contributed by atoms with van der Waals surface area (Å²) in [7, 11) is 0. The number of benzene rings is 1. The summed E-state index contributed by atoms with van der Waals surface area (Å²) in [5.74, 6) is -0.102. The van der Waals surface area contributed by atoms with E-state index in [0.717, 1.165) is 11.1 Å². The molecule has 2 aromatic rings. The molecule has 7 nitrogen and oxygen atoms in total. The first-order chi connectivity index (χ1) is 13.6. The minimum absolute atomic E-state index is 0.102. The second-order valence-electron chi connectivity index (χ2n) is 7.18. The number of amides is 2. The van der Waals surface area contributed by atoms with Gasteiger partial charge in [0.25, 0.3) is 5.91 Å². The molecule has 142 valence electrons. The maximum Gasteiger partial charge on any atom is 0.255 e. The van der Waals surface area contributed by atoms with Gasteiger partial charge < -0.3 is 15.0 Å². The van der Waals surface area contributed by atoms with E-state index in [-0.39, 0.29) is 11.5 Å². The Bertz CT molecular complexity index is 988. The fourth-order valence-corrected chi connectivity index (χ4v) is 4.05. The number of likely N-dealkylation sites (tertiary alicyclic amines) is 1. The number of hydrogen-bond donors (Lipinski definition) is 1. The summed E-state index contributed by atoms with van der Waals surface area (Å²) in [5.41, 5.74) is 4.11. The SMILES string of the molecule is Cc1ncc(C(=O)N2CCC3(CC2)OCc2cc(C#N)ccc23)cc1NC=O. The minimum Gasteiger partial charge on any atom is -0.365 e. The molecule has 0 unspecified atom stereocenters. The van der Waals surface area contributed by atoms with Gasteiger partial charge in [-0.1, -0.05) is 6.07 Å². The summed E-state index contributed by atoms with van der Waals surface area (Å²) in [5, 5.41) is 11.7. The second-order valence-corrected chi connectivity index (χ2v) is 7.18. The fourth-order valence-electron chi connectivity index (χ4n) is 4.05. The van der Waals surface area contributed by atoms with Crippen molar-refractivity contribution in [2.75, 3.05) is 18.4 Å². The maximum absolute atomic E-state index is 12.9. The summed E-state index contributed by atoms with van der Waals surface area (Å²) in [6.07, 6.45) is 3.53. The molecule has 0 bridgehead atoms. The monoisotopic (exact) mass is 376 g/mol. The van der Waals surface area contributed by atoms with Crippen LogP contribution < -0.4 is 5.32 Å². The molecular weight excluding hydrogens is 356 g/mol. The number of nitrogens with one attached hydrogen (secondary N) is 1. The highest BCUT2D eigenvalue weighted by Crippen LogP contribution is 2.44. The molecule has 1 fully saturated rings. The number of pyridine rings is 1. The smallest absolute Gasteiger partial charge is 0.255 e. The van der Waals surface area contributed by atoms with E-state index in [2.05, 4.69) is 16.4 Å². The summed E-state index contributed by atoms with van der Waals surface area (Å²) < 4.78 is 6.14. The lowest BCUT2D eigenvalue weighted by molar-refractivity contribution is -0.105. The fraction of sp³-hybridized carbons (Fsp3) is 0.333. The van der Waals surface area contributed by atoms with E-state index in [4.69, 9.17) is 10.00 Å². The van der Waals surface area contributed by atoms with Crippen LogP contribution in [0.4, 0.5) is 5.69 Å². The lowest BCUT2D eigenvalue weighted by Crippen LogP contribution is -2.45. The molecule has 2 aliphatic rings. The van der Waals surface area contributed by atoms with Crippen LogP contribution in [0.1, 0.15) is 45.6 Å². The number of aromatic nitrogens is 1. The van der Waals surface area contributed by atoms with Gasteiger partial charge in [-0.2, -0.15) is 5.26 Å². The maximum atomic E-state index is 12.9. The number of ether oxygens (including phenoxy) is 1. The van der Waals surface area contributed by atoms with E-state index in [0.29, 0.717) is 61.5 Å². The van der Waals surface area contributed by atoms with E-state index in [1.54, 1.807) is 24.1 Å². The van der Waals surface area contributed by atoms with Crippen molar-refractivity contribution in [1.29, 1.82) is 5.26 Å². The molecule has 1 aromatic carbocycles. The van der Waals surface area contributed by atoms with Gasteiger partial charge in [0, 0.05) is 19.3 Å². The van der Waals surface area contributed by atoms with Crippen LogP contribution in [-0.4, -0.2) is 35.3 Å². The zero-order valence-corrected chi connectivity index (χ0v) is 15.6. The van der Waals surface area contributed by atoms with Gasteiger partial charge in [-0.05, 0) is 49.1 Å². The molecule has 0 atom stereocenters. The molecule has 0 aliphatic carbocycles. The van der Waals surface area contributed by atoms with Gasteiger partial charge >= 0.3 is 0 Å². The van der Waals surface area contributed by atoms with Crippen molar-refractivity contribution in [2.24, 2.45) is 0 Å². The van der Waals surface area contributed by atoms with Crippen LogP contribution in [0.3, 0.4) is 0 Å². The number of anilines is 1. The van der Waals surface area contributed by atoms with Crippen molar-refractivity contribution in [2.45, 2.75) is 32.0 Å². The number of fused-ring (bicyclic) bond motifs is 2. The Morgan fingerprint density at radius 2 is 2.14 bits per heavy atom. The standard InChI is InChI=1S/C21H20N4O3/c1-14-19(24-13-26)9-16(11-23-14)20(27)25-6-4-21(5-7-25)18-3-2-15(10-22)8-17(18)12-28-21/h2-3,8-9,11,13H,4-7,12H2,1H3,(H,24,26). The molecule has 0 radical (unpaired) electrons. The average molecular weight is 376 g/mol. The van der Waals surface area contributed by atoms with Crippen molar-refractivity contribution in [3.05, 3.63) is 58.4 Å². The lowest BCUT2D eigenvalue weighted by Gasteiger charge is -2.39. The zero-order valence-electron chi connectivity index (χ0n) is 15.6. The first-order valence-electron chi connectivity index (χ1n) is 9.20. The molecule has 4 rings (SSSR count). The lowest BCUT2D eigenvalue weighted by atomic mass is 9.83. The highest BCUT2D eigenvalue weighted by atomic mass is 16.5. The van der Waals surface area contributed by atoms with E-state index < -0.39 is 0 Å². The Morgan fingerprint density at radius 1 is 1.36 bits per heavy atom. The third-order valence-electron chi connectivity index (χ3n) is 5.64. The topological polar surface area (TPSA) is 95.3 Å². The van der Waals surface area contributed by atoms with E-state index in [1.807, 2.05) is 18.2 Å². The Balaban J connectivity index is 1.50. The number of piperidine rings is 1. The van der Waals surface area contributed by atoms with Crippen molar-refractivity contribution in [1.82, 2.24) is 9.88 Å². The van der Waals surface area contributed by atoms with Gasteiger partial charge in [0.1, 0.15) is 0 Å². The quantitative estimate of drug-likeness (QED) is 0.831. The predicted octanol–water partition coefficient (Wildman–Crippen LogP) is 2.49. The van der Waals surface area contributed by atoms with Crippen LogP contribution in [0, 0.1) is 18.3 Å². The summed E-state index contributed by atoms with van der Waals surface area (Å²) >= 11 is 0. The summed E-state index contributed by atoms with van der Waals surface area (Å²) in [4.78, 5) is 29.6. The third kappa shape index (κ3) is 3.02. The summed E-state index contributed by atoms with van der Waals surface area (Å²) in [6.45, 7) is 3.42. The molecule has 2 aliphatic heterocycles. The van der Waals surface area contributed by atoms with Crippen molar-refractivity contribution in [3.63, 3.8) is 0 Å². The molecule has 3 heterocycles. The number of nitrogens with zero attached hydrogens (tertiary/aromatic N) is 3. The Labute approximate surface area is 162 Å². The number of carbonyl (C=O) groups is 2. The average Bonchev–Trinajstić information content (AvgIpc) is 3.07. The van der Waals surface area contributed by atoms with E-state index in [1.165, 1.54) is 0 Å². The van der Waals surface area contributed by atoms with E-state index >= 15 is 0 Å². The first-order valence-corrected chi connectivity index (χ1v) is 9.20. The highest BCUT2D eigenvalue weighted by Gasteiger charge is 2.43. The Kier molecular flexibility index (Phi) is 4.57. The molecule has 1 N–H and O–H groups in total. The molecular formula is C21H20N4O3. The van der Waals surface area contributed by atoms with E-state index in [9.17, 15) is 9.59 Å². The Hall–Kier alpha value is -3.24. The third-order valence-corrected chi connectivity index (χ3v) is 5.64. The number of rotatable bonds is 3. The van der Waals surface area contributed by atoms with Crippen molar-refractivity contribution >= 4 is 18.0 Å². The van der Waals surface area contributed by atoms with Gasteiger partial charge in [0.2, 0.25) is 6.41 Å². The minimum atomic E-state index is -0.379. The molecule has 0 saturated carbocycles. The van der Waals surface area contributed by atoms with Crippen LogP contribution in [-0.2, 0) is 21.7 Å². The van der Waals surface area contributed by atoms with Crippen LogP contribution in [0.2, 0.25) is 0 Å². The molecule has 1 spiro atoms. The van der Waals surface area contributed by atoms with Gasteiger partial charge in [-0.3, -0.25) is 14.6 Å². The van der Waals surface area contributed by atoms with Crippen LogP contribution in [0.15, 0.2) is 30.5 Å².